The number of nitrogens with one attached hydrogen (secondary N) is 2. The van der Waals surface area contributed by atoms with Gasteiger partial charge in [-0.2, -0.15) is 0 Å². The van der Waals surface area contributed by atoms with Crippen LogP contribution in [0.25, 0.3) is 0 Å². The van der Waals surface area contributed by atoms with Crippen LogP contribution in [0.5, 0.6) is 0 Å². The summed E-state index contributed by atoms with van der Waals surface area (Å²) in [6.07, 6.45) is 1.56. The first-order valence-electron chi connectivity index (χ1n) is 4.86. The Morgan fingerprint density at radius 2 is 2.43 bits per heavy atom. The Balaban J connectivity index is 2.16. The molecule has 3 heteroatoms. The molecule has 0 aliphatic carbocycles. The summed E-state index contributed by atoms with van der Waals surface area (Å²) in [5, 5.41) is 5.92. The lowest BCUT2D eigenvalue weighted by atomic mass is 10.1. The van der Waals surface area contributed by atoms with Crippen LogP contribution >= 0.6 is 0 Å². The van der Waals surface area contributed by atoms with Crippen LogP contribution in [0, 0.1) is 0 Å². The molecule has 0 unspecified atom stereocenters. The minimum absolute atomic E-state index is 0.0583. The van der Waals surface area contributed by atoms with Gasteiger partial charge in [-0.1, -0.05) is 12.1 Å². The van der Waals surface area contributed by atoms with Crippen molar-refractivity contribution < 1.29 is 4.79 Å². The van der Waals surface area contributed by atoms with Crippen LogP contribution in [0.15, 0.2) is 18.2 Å². The molecule has 0 fully saturated rings. The average molecular weight is 190 g/mol. The topological polar surface area (TPSA) is 41.1 Å². The van der Waals surface area contributed by atoms with Crippen LogP contribution in [0.3, 0.4) is 0 Å². The number of carbonyl (C=O) groups is 1. The lowest BCUT2D eigenvalue weighted by Crippen LogP contribution is -2.19. The van der Waals surface area contributed by atoms with E-state index in [1.54, 1.807) is 7.05 Å². The van der Waals surface area contributed by atoms with E-state index in [0.717, 1.165) is 18.5 Å². The van der Waals surface area contributed by atoms with Gasteiger partial charge in [-0.25, -0.2) is 0 Å². The normalized spacial score (nSPS) is 13.2. The van der Waals surface area contributed by atoms with Gasteiger partial charge in [0.05, 0.1) is 6.42 Å². The first kappa shape index (κ1) is 9.06. The molecule has 0 bridgehead atoms. The second-order valence-corrected chi connectivity index (χ2v) is 3.52. The Kier molecular flexibility index (Phi) is 2.39. The molecule has 1 heterocycles. The highest BCUT2D eigenvalue weighted by Crippen LogP contribution is 2.23. The summed E-state index contributed by atoms with van der Waals surface area (Å²) < 4.78 is 0. The predicted octanol–water partition coefficient (Wildman–Crippen LogP) is 0.943. The van der Waals surface area contributed by atoms with E-state index in [0.29, 0.717) is 6.42 Å². The number of hydrogen-bond donors (Lipinski definition) is 2. The fraction of sp³-hybridized carbons (Fsp3) is 0.364. The number of fused-ring (bicyclic) bond motifs is 1. The van der Waals surface area contributed by atoms with Crippen molar-refractivity contribution in [3.63, 3.8) is 0 Å². The van der Waals surface area contributed by atoms with Gasteiger partial charge in [-0.3, -0.25) is 4.79 Å². The molecule has 1 aliphatic rings. The number of carbonyl (C=O) groups excluding carboxylic acids is 1. The zero-order valence-corrected chi connectivity index (χ0v) is 8.26. The van der Waals surface area contributed by atoms with Gasteiger partial charge < -0.3 is 10.6 Å². The van der Waals surface area contributed by atoms with E-state index < -0.39 is 0 Å². The summed E-state index contributed by atoms with van der Waals surface area (Å²) >= 11 is 0. The van der Waals surface area contributed by atoms with E-state index in [1.807, 2.05) is 6.07 Å². The van der Waals surface area contributed by atoms with Gasteiger partial charge in [0, 0.05) is 19.3 Å². The largest absolute Gasteiger partial charge is 0.384 e. The Morgan fingerprint density at radius 3 is 3.21 bits per heavy atom. The van der Waals surface area contributed by atoms with Crippen LogP contribution < -0.4 is 10.6 Å². The quantitative estimate of drug-likeness (QED) is 0.728. The van der Waals surface area contributed by atoms with Crippen LogP contribution in [-0.2, 0) is 17.6 Å². The smallest absolute Gasteiger partial charge is 0.224 e. The van der Waals surface area contributed by atoms with E-state index in [9.17, 15) is 4.79 Å². The number of likely N-dealkylation sites (N-methyl/N-ethyl adjacent to an activating group) is 1. The Labute approximate surface area is 83.5 Å². The van der Waals surface area contributed by atoms with Gasteiger partial charge in [-0.15, -0.1) is 0 Å². The van der Waals surface area contributed by atoms with E-state index in [-0.39, 0.29) is 5.91 Å². The zero-order chi connectivity index (χ0) is 9.97. The van der Waals surface area contributed by atoms with Crippen molar-refractivity contribution in [2.24, 2.45) is 0 Å². The third-order valence-corrected chi connectivity index (χ3v) is 2.53. The van der Waals surface area contributed by atoms with Gasteiger partial charge in [0.1, 0.15) is 0 Å². The standard InChI is InChI=1S/C11H14N2O/c1-12-11(14)7-8-2-3-9-4-5-13-10(9)6-8/h2-3,6,13H,4-5,7H2,1H3,(H,12,14). The second kappa shape index (κ2) is 3.70. The number of benzene rings is 1. The fourth-order valence-corrected chi connectivity index (χ4v) is 1.72. The lowest BCUT2D eigenvalue weighted by molar-refractivity contribution is -0.119. The molecule has 1 aliphatic heterocycles. The van der Waals surface area contributed by atoms with E-state index in [4.69, 9.17) is 0 Å². The summed E-state index contributed by atoms with van der Waals surface area (Å²) in [6, 6.07) is 6.20. The van der Waals surface area contributed by atoms with Gasteiger partial charge >= 0.3 is 0 Å². The van der Waals surface area contributed by atoms with Crippen molar-refractivity contribution in [1.82, 2.24) is 5.32 Å². The molecule has 1 aromatic rings. The van der Waals surface area contributed by atoms with Crippen molar-refractivity contribution in [2.45, 2.75) is 12.8 Å². The number of rotatable bonds is 2. The molecule has 3 nitrogen and oxygen atoms in total. The first-order valence-corrected chi connectivity index (χ1v) is 4.86. The molecule has 0 saturated heterocycles. The minimum atomic E-state index is 0.0583. The average Bonchev–Trinajstić information content (AvgIpc) is 2.64. The lowest BCUT2D eigenvalue weighted by Gasteiger charge is -2.04. The second-order valence-electron chi connectivity index (χ2n) is 3.52. The van der Waals surface area contributed by atoms with Crippen LogP contribution in [-0.4, -0.2) is 19.5 Å². The summed E-state index contributed by atoms with van der Waals surface area (Å²) in [7, 11) is 1.66. The molecule has 14 heavy (non-hydrogen) atoms. The van der Waals surface area contributed by atoms with Gasteiger partial charge in [0.25, 0.3) is 0 Å². The molecule has 0 radical (unpaired) electrons. The minimum Gasteiger partial charge on any atom is -0.384 e. The third-order valence-electron chi connectivity index (χ3n) is 2.53. The summed E-state index contributed by atoms with van der Waals surface area (Å²) in [5.74, 6) is 0.0583. The highest BCUT2D eigenvalue weighted by atomic mass is 16.1. The van der Waals surface area contributed by atoms with Crippen LogP contribution in [0.4, 0.5) is 5.69 Å². The Morgan fingerprint density at radius 1 is 1.57 bits per heavy atom. The van der Waals surface area contributed by atoms with E-state index in [1.165, 1.54) is 11.3 Å². The fourth-order valence-electron chi connectivity index (χ4n) is 1.72. The van der Waals surface area contributed by atoms with Gasteiger partial charge in [0.15, 0.2) is 0 Å². The maximum Gasteiger partial charge on any atom is 0.224 e. The van der Waals surface area contributed by atoms with Gasteiger partial charge in [-0.05, 0) is 23.6 Å². The van der Waals surface area contributed by atoms with Crippen molar-refractivity contribution in [1.29, 1.82) is 0 Å². The molecule has 0 spiro atoms. The number of amides is 1. The SMILES string of the molecule is CNC(=O)Cc1ccc2c(c1)NCC2. The molecule has 1 aromatic carbocycles. The Bertz CT molecular complexity index is 360. The number of anilines is 1. The molecule has 0 atom stereocenters. The molecular weight excluding hydrogens is 176 g/mol. The summed E-state index contributed by atoms with van der Waals surface area (Å²) in [6.45, 7) is 1.01. The van der Waals surface area contributed by atoms with Crippen LogP contribution in [0.1, 0.15) is 11.1 Å². The maximum atomic E-state index is 11.1. The molecule has 0 aromatic heterocycles. The number of hydrogen-bond acceptors (Lipinski definition) is 2. The summed E-state index contributed by atoms with van der Waals surface area (Å²) in [4.78, 5) is 11.1. The molecule has 74 valence electrons. The predicted molar refractivity (Wildman–Crippen MR) is 56.4 cm³/mol. The molecule has 1 amide bonds. The van der Waals surface area contributed by atoms with Crippen molar-refractivity contribution >= 4 is 11.6 Å². The van der Waals surface area contributed by atoms with Crippen molar-refractivity contribution in [3.8, 4) is 0 Å². The monoisotopic (exact) mass is 190 g/mol. The first-order chi connectivity index (χ1) is 6.79. The van der Waals surface area contributed by atoms with Crippen molar-refractivity contribution in [2.75, 3.05) is 18.9 Å². The van der Waals surface area contributed by atoms with Crippen LogP contribution in [0.2, 0.25) is 0 Å². The highest BCUT2D eigenvalue weighted by Gasteiger charge is 2.10. The maximum absolute atomic E-state index is 11.1. The Hall–Kier alpha value is -1.51. The third kappa shape index (κ3) is 1.71. The van der Waals surface area contributed by atoms with Crippen molar-refractivity contribution in [3.05, 3.63) is 29.3 Å². The summed E-state index contributed by atoms with van der Waals surface area (Å²) in [5.41, 5.74) is 3.61. The van der Waals surface area contributed by atoms with E-state index >= 15 is 0 Å². The highest BCUT2D eigenvalue weighted by molar-refractivity contribution is 5.78. The van der Waals surface area contributed by atoms with E-state index in [2.05, 4.69) is 22.8 Å². The molecule has 0 saturated carbocycles. The van der Waals surface area contributed by atoms with Gasteiger partial charge in [0.2, 0.25) is 5.91 Å². The zero-order valence-electron chi connectivity index (χ0n) is 8.26. The molecular formula is C11H14N2O. The molecule has 2 rings (SSSR count). The molecule has 2 N–H and O–H groups in total.